The van der Waals surface area contributed by atoms with Gasteiger partial charge in [-0.1, -0.05) is 42.1 Å². The summed E-state index contributed by atoms with van der Waals surface area (Å²) < 4.78 is 2.28. The number of nitrogens with two attached hydrogens (primary N) is 1. The average Bonchev–Trinajstić information content (AvgIpc) is 3.59. The van der Waals surface area contributed by atoms with Gasteiger partial charge in [0.15, 0.2) is 17.0 Å². The molecular formula is C28H41Cl5N8. The molecular weight excluding hydrogens is 626 g/mol. The molecule has 3 aliphatic rings. The highest BCUT2D eigenvalue weighted by molar-refractivity contribution is 6.42. The maximum absolute atomic E-state index is 6.24. The maximum Gasteiger partial charge on any atom is 0.227 e. The fourth-order valence-corrected chi connectivity index (χ4v) is 6.67. The standard InChI is InChI=1S/C28H38Cl2N8.3ClH/c29-23-10-5-19(16-24(23)30)15-18-11-13-37(14-12-18)36-26-25-27(38(17-32-25)22-3-1-2-4-22)35-28(34-26)33-21-8-6-20(31)7-9-21;;;/h5,10,16-18,20-22H,1-4,6-9,11-15,31H2,(H2,33,34,35,36);3*1H. The van der Waals surface area contributed by atoms with Crippen molar-refractivity contribution < 1.29 is 0 Å². The summed E-state index contributed by atoms with van der Waals surface area (Å²) in [5.74, 6) is 2.10. The smallest absolute Gasteiger partial charge is 0.227 e. The van der Waals surface area contributed by atoms with E-state index in [1.165, 1.54) is 31.2 Å². The zero-order valence-electron chi connectivity index (χ0n) is 23.1. The number of piperidine rings is 1. The Morgan fingerprint density at radius 1 is 0.878 bits per heavy atom. The summed E-state index contributed by atoms with van der Waals surface area (Å²) >= 11 is 12.3. The molecule has 1 saturated heterocycles. The van der Waals surface area contributed by atoms with Crippen molar-refractivity contribution in [2.45, 2.75) is 88.8 Å². The molecule has 228 valence electrons. The van der Waals surface area contributed by atoms with Crippen LogP contribution in [0.15, 0.2) is 24.5 Å². The minimum absolute atomic E-state index is 0. The largest absolute Gasteiger partial charge is 0.351 e. The SMILES string of the molecule is Cl.Cl.Cl.NC1CCC(Nc2nc(NN3CCC(Cc4ccc(Cl)c(Cl)c4)CC3)c3ncn(C4CCCC4)c3n2)CC1. The molecule has 2 aromatic heterocycles. The number of halogens is 5. The highest BCUT2D eigenvalue weighted by Crippen LogP contribution is 2.34. The summed E-state index contributed by atoms with van der Waals surface area (Å²) in [6.45, 7) is 1.90. The molecule has 6 rings (SSSR count). The minimum Gasteiger partial charge on any atom is -0.351 e. The summed E-state index contributed by atoms with van der Waals surface area (Å²) in [6.07, 6.45) is 14.3. The van der Waals surface area contributed by atoms with Gasteiger partial charge in [0.25, 0.3) is 0 Å². The Hall–Kier alpha value is -1.26. The van der Waals surface area contributed by atoms with Crippen LogP contribution < -0.4 is 16.5 Å². The van der Waals surface area contributed by atoms with Crippen LogP contribution in [0.1, 0.15) is 75.8 Å². The zero-order valence-corrected chi connectivity index (χ0v) is 27.1. The number of anilines is 2. The van der Waals surface area contributed by atoms with Crippen molar-refractivity contribution in [3.63, 3.8) is 0 Å². The molecule has 13 heteroatoms. The maximum atomic E-state index is 6.24. The molecule has 0 bridgehead atoms. The van der Waals surface area contributed by atoms with Crippen LogP contribution in [0.25, 0.3) is 11.2 Å². The third-order valence-electron chi connectivity index (χ3n) is 8.63. The second-order valence-corrected chi connectivity index (χ2v) is 12.2. The van der Waals surface area contributed by atoms with Gasteiger partial charge in [-0.15, -0.1) is 37.2 Å². The van der Waals surface area contributed by atoms with Gasteiger partial charge in [0.05, 0.1) is 16.4 Å². The van der Waals surface area contributed by atoms with E-state index in [-0.39, 0.29) is 37.2 Å². The molecule has 3 fully saturated rings. The number of nitrogens with one attached hydrogen (secondary N) is 2. The van der Waals surface area contributed by atoms with Gasteiger partial charge >= 0.3 is 0 Å². The third-order valence-corrected chi connectivity index (χ3v) is 9.37. The van der Waals surface area contributed by atoms with E-state index in [0.29, 0.717) is 40.0 Å². The van der Waals surface area contributed by atoms with E-state index < -0.39 is 0 Å². The molecule has 4 N–H and O–H groups in total. The summed E-state index contributed by atoms with van der Waals surface area (Å²) in [5.41, 5.74) is 12.8. The predicted molar refractivity (Wildman–Crippen MR) is 177 cm³/mol. The Morgan fingerprint density at radius 2 is 1.59 bits per heavy atom. The monoisotopic (exact) mass is 664 g/mol. The number of hydrogen-bond donors (Lipinski definition) is 3. The average molecular weight is 667 g/mol. The fourth-order valence-electron chi connectivity index (χ4n) is 6.35. The van der Waals surface area contributed by atoms with E-state index >= 15 is 0 Å². The molecule has 0 radical (unpaired) electrons. The molecule has 0 atom stereocenters. The van der Waals surface area contributed by atoms with Crippen molar-refractivity contribution in [3.05, 3.63) is 40.1 Å². The van der Waals surface area contributed by atoms with Crippen molar-refractivity contribution >= 4 is 83.4 Å². The van der Waals surface area contributed by atoms with Crippen LogP contribution in [0.2, 0.25) is 10.0 Å². The number of rotatable bonds is 7. The second-order valence-electron chi connectivity index (χ2n) is 11.4. The number of nitrogens with zero attached hydrogens (tertiary/aromatic N) is 5. The van der Waals surface area contributed by atoms with Gasteiger partial charge in [-0.25, -0.2) is 9.99 Å². The van der Waals surface area contributed by atoms with Gasteiger partial charge in [0.1, 0.15) is 0 Å². The number of fused-ring (bicyclic) bond motifs is 1. The first-order chi connectivity index (χ1) is 18.5. The highest BCUT2D eigenvalue weighted by atomic mass is 35.5. The Morgan fingerprint density at radius 3 is 2.27 bits per heavy atom. The topological polar surface area (TPSA) is 96.9 Å². The van der Waals surface area contributed by atoms with Crippen LogP contribution in [0, 0.1) is 5.92 Å². The van der Waals surface area contributed by atoms with E-state index in [0.717, 1.165) is 75.0 Å². The molecule has 3 heterocycles. The molecule has 0 unspecified atom stereocenters. The van der Waals surface area contributed by atoms with E-state index in [9.17, 15) is 0 Å². The fraction of sp³-hybridized carbons (Fsp3) is 0.607. The first kappa shape index (κ1) is 34.2. The van der Waals surface area contributed by atoms with Gasteiger partial charge in [-0.05, 0) is 81.4 Å². The normalized spacial score (nSPS) is 22.0. The van der Waals surface area contributed by atoms with Crippen molar-refractivity contribution in [1.82, 2.24) is 24.5 Å². The van der Waals surface area contributed by atoms with Crippen molar-refractivity contribution in [2.24, 2.45) is 11.7 Å². The van der Waals surface area contributed by atoms with E-state index in [1.807, 2.05) is 18.5 Å². The molecule has 1 aromatic carbocycles. The van der Waals surface area contributed by atoms with Crippen LogP contribution in [-0.4, -0.2) is 49.7 Å². The van der Waals surface area contributed by atoms with Gasteiger partial charge in [0, 0.05) is 31.2 Å². The molecule has 0 spiro atoms. The lowest BCUT2D eigenvalue weighted by Gasteiger charge is -2.32. The van der Waals surface area contributed by atoms with Gasteiger partial charge in [0.2, 0.25) is 5.95 Å². The summed E-state index contributed by atoms with van der Waals surface area (Å²) in [6, 6.07) is 7.14. The van der Waals surface area contributed by atoms with Gasteiger partial charge in [-0.3, -0.25) is 0 Å². The molecule has 3 aromatic rings. The minimum atomic E-state index is 0. The van der Waals surface area contributed by atoms with Crippen molar-refractivity contribution in [3.8, 4) is 0 Å². The zero-order chi connectivity index (χ0) is 26.1. The molecule has 8 nitrogen and oxygen atoms in total. The molecule has 1 aliphatic heterocycles. The highest BCUT2D eigenvalue weighted by Gasteiger charge is 2.26. The lowest BCUT2D eigenvalue weighted by molar-refractivity contribution is 0.216. The Bertz CT molecular complexity index is 1250. The molecule has 2 saturated carbocycles. The number of benzene rings is 1. The van der Waals surface area contributed by atoms with E-state index in [1.54, 1.807) is 0 Å². The van der Waals surface area contributed by atoms with Crippen LogP contribution in [0.3, 0.4) is 0 Å². The third kappa shape index (κ3) is 8.22. The Labute approximate surface area is 271 Å². The van der Waals surface area contributed by atoms with Crippen LogP contribution >= 0.6 is 60.4 Å². The van der Waals surface area contributed by atoms with Gasteiger partial charge < -0.3 is 21.0 Å². The number of imidazole rings is 1. The molecule has 2 aliphatic carbocycles. The summed E-state index contributed by atoms with van der Waals surface area (Å²) in [5, 5.41) is 7.15. The first-order valence-electron chi connectivity index (χ1n) is 14.2. The number of hydrazine groups is 1. The summed E-state index contributed by atoms with van der Waals surface area (Å²) in [7, 11) is 0. The van der Waals surface area contributed by atoms with Crippen molar-refractivity contribution in [2.75, 3.05) is 23.8 Å². The van der Waals surface area contributed by atoms with Crippen LogP contribution in [0.5, 0.6) is 0 Å². The van der Waals surface area contributed by atoms with E-state index in [2.05, 4.69) is 26.4 Å². The number of aromatic nitrogens is 4. The quantitative estimate of drug-likeness (QED) is 0.241. The van der Waals surface area contributed by atoms with E-state index in [4.69, 9.17) is 43.9 Å². The van der Waals surface area contributed by atoms with Gasteiger partial charge in [-0.2, -0.15) is 9.97 Å². The predicted octanol–water partition coefficient (Wildman–Crippen LogP) is 7.48. The lowest BCUT2D eigenvalue weighted by Crippen LogP contribution is -2.39. The number of hydrogen-bond acceptors (Lipinski definition) is 7. The summed E-state index contributed by atoms with van der Waals surface area (Å²) in [4.78, 5) is 14.7. The Kier molecular flexibility index (Phi) is 12.9. The Balaban J connectivity index is 0.00000154. The molecule has 41 heavy (non-hydrogen) atoms. The lowest BCUT2D eigenvalue weighted by atomic mass is 9.91. The first-order valence-corrected chi connectivity index (χ1v) is 15.0. The van der Waals surface area contributed by atoms with Crippen LogP contribution in [0.4, 0.5) is 11.8 Å². The second kappa shape index (κ2) is 15.5. The molecule has 0 amide bonds. The van der Waals surface area contributed by atoms with Crippen molar-refractivity contribution in [1.29, 1.82) is 0 Å². The van der Waals surface area contributed by atoms with Crippen LogP contribution in [-0.2, 0) is 6.42 Å².